The molecular formula is C70H51N5. The summed E-state index contributed by atoms with van der Waals surface area (Å²) < 4.78 is 4.95. The van der Waals surface area contributed by atoms with Crippen LogP contribution in [0.15, 0.2) is 267 Å². The third-order valence-corrected chi connectivity index (χ3v) is 14.6. The monoisotopic (exact) mass is 961 g/mol. The normalized spacial score (nSPS) is 12.4. The van der Waals surface area contributed by atoms with Crippen LogP contribution < -0.4 is 0 Å². The molecule has 5 heteroatoms. The molecule has 0 saturated carbocycles. The van der Waals surface area contributed by atoms with Crippen LogP contribution in [-0.2, 0) is 0 Å². The molecule has 0 unspecified atom stereocenters. The second-order valence-corrected chi connectivity index (χ2v) is 19.1. The number of benzene rings is 10. The standard InChI is InChI=1S/C70H51N5/c1-3-48(49-23-9-4-10-24-49)38-37-47(2)59-45-55(70-72-68(53-27-13-6-14-28-53)71-69(73-70)54-29-15-7-16-30-54)46-60(52-41-39-51(40-42-52)50-25-11-5-12-26-50)67(59)75-62-36-22-20-34-58(62)66-64(75)44-43-63-65(66)57-33-19-21-35-61(57)74(63)56-31-17-8-18-32-56/h3-47H,1-2H3/b38-37-,48-3+/t47-/m0/s1. The molecule has 75 heavy (non-hydrogen) atoms. The SMILES string of the molecule is C/C=C(\C=C/[C@H](C)c1cc(-c2nc(-c3ccccc3)nc(-c3ccccc3)n2)cc(-c2ccc(-c3ccccc3)cc2)c1-n1c2ccccc2c2c3c4ccccc4n(-c4ccccc4)c3ccc21)c1ccccc1. The minimum atomic E-state index is -0.0927. The van der Waals surface area contributed by atoms with Crippen LogP contribution in [0, 0.1) is 0 Å². The van der Waals surface area contributed by atoms with E-state index in [1.165, 1.54) is 43.7 Å². The van der Waals surface area contributed by atoms with Gasteiger partial charge in [0.25, 0.3) is 0 Å². The first-order valence-electron chi connectivity index (χ1n) is 25.7. The number of para-hydroxylation sites is 3. The van der Waals surface area contributed by atoms with Gasteiger partial charge in [0, 0.05) is 55.4 Å². The second kappa shape index (κ2) is 19.4. The molecule has 0 radical (unpaired) electrons. The molecule has 13 aromatic rings. The van der Waals surface area contributed by atoms with Crippen LogP contribution in [0.5, 0.6) is 0 Å². The highest BCUT2D eigenvalue weighted by Crippen LogP contribution is 2.47. The van der Waals surface area contributed by atoms with Gasteiger partial charge in [-0.3, -0.25) is 0 Å². The van der Waals surface area contributed by atoms with E-state index >= 15 is 0 Å². The summed E-state index contributed by atoms with van der Waals surface area (Å²) in [5.74, 6) is 1.75. The number of hydrogen-bond acceptors (Lipinski definition) is 3. The molecule has 0 spiro atoms. The average Bonchev–Trinajstić information content (AvgIpc) is 4.12. The smallest absolute Gasteiger partial charge is 0.164 e. The van der Waals surface area contributed by atoms with E-state index in [-0.39, 0.29) is 5.92 Å². The summed E-state index contributed by atoms with van der Waals surface area (Å²) in [6, 6.07) is 88.6. The highest BCUT2D eigenvalue weighted by molar-refractivity contribution is 6.29. The largest absolute Gasteiger partial charge is 0.309 e. The van der Waals surface area contributed by atoms with E-state index in [9.17, 15) is 0 Å². The molecule has 13 rings (SSSR count). The van der Waals surface area contributed by atoms with Crippen molar-refractivity contribution in [2.75, 3.05) is 0 Å². The van der Waals surface area contributed by atoms with Gasteiger partial charge in [0.2, 0.25) is 0 Å². The van der Waals surface area contributed by atoms with E-state index in [1.54, 1.807) is 0 Å². The van der Waals surface area contributed by atoms with Gasteiger partial charge in [-0.2, -0.15) is 0 Å². The van der Waals surface area contributed by atoms with Crippen molar-refractivity contribution in [3.05, 3.63) is 278 Å². The van der Waals surface area contributed by atoms with Crippen LogP contribution in [-0.4, -0.2) is 24.1 Å². The lowest BCUT2D eigenvalue weighted by Crippen LogP contribution is -2.07. The molecule has 5 nitrogen and oxygen atoms in total. The van der Waals surface area contributed by atoms with Crippen LogP contribution in [0.2, 0.25) is 0 Å². The Bertz CT molecular complexity index is 4210. The Labute approximate surface area is 436 Å². The topological polar surface area (TPSA) is 48.5 Å². The molecule has 3 aromatic heterocycles. The minimum Gasteiger partial charge on any atom is -0.309 e. The zero-order chi connectivity index (χ0) is 50.2. The quantitative estimate of drug-likeness (QED) is 0.121. The first-order chi connectivity index (χ1) is 37.1. The van der Waals surface area contributed by atoms with Crippen molar-refractivity contribution in [1.29, 1.82) is 0 Å². The minimum absolute atomic E-state index is 0.0927. The maximum absolute atomic E-state index is 5.34. The summed E-state index contributed by atoms with van der Waals surface area (Å²) in [5, 5.41) is 4.85. The lowest BCUT2D eigenvalue weighted by Gasteiger charge is -2.23. The molecular weight excluding hydrogens is 911 g/mol. The summed E-state index contributed by atoms with van der Waals surface area (Å²) in [6.45, 7) is 4.43. The molecule has 0 aliphatic heterocycles. The highest BCUT2D eigenvalue weighted by Gasteiger charge is 2.26. The predicted molar refractivity (Wildman–Crippen MR) is 313 cm³/mol. The van der Waals surface area contributed by atoms with Crippen molar-refractivity contribution in [2.45, 2.75) is 19.8 Å². The first kappa shape index (κ1) is 45.2. The van der Waals surface area contributed by atoms with Gasteiger partial charge in [-0.1, -0.05) is 225 Å². The van der Waals surface area contributed by atoms with Gasteiger partial charge in [0.05, 0.1) is 27.8 Å². The fraction of sp³-hybridized carbons (Fsp3) is 0.0429. The fourth-order valence-corrected chi connectivity index (χ4v) is 11.0. The molecule has 356 valence electrons. The summed E-state index contributed by atoms with van der Waals surface area (Å²) >= 11 is 0. The zero-order valence-corrected chi connectivity index (χ0v) is 41.7. The predicted octanol–water partition coefficient (Wildman–Crippen LogP) is 18.2. The summed E-state index contributed by atoms with van der Waals surface area (Å²) in [5.41, 5.74) is 17.5. The first-order valence-corrected chi connectivity index (χ1v) is 25.7. The lowest BCUT2D eigenvalue weighted by molar-refractivity contribution is 0.944. The maximum atomic E-state index is 5.34. The third kappa shape index (κ3) is 8.21. The van der Waals surface area contributed by atoms with Crippen LogP contribution in [0.4, 0.5) is 0 Å². The molecule has 10 aromatic carbocycles. The van der Waals surface area contributed by atoms with Crippen molar-refractivity contribution in [2.24, 2.45) is 0 Å². The number of aromatic nitrogens is 5. The Morgan fingerprint density at radius 1 is 0.400 bits per heavy atom. The van der Waals surface area contributed by atoms with E-state index in [0.29, 0.717) is 17.5 Å². The van der Waals surface area contributed by atoms with Crippen LogP contribution in [0.25, 0.3) is 117 Å². The van der Waals surface area contributed by atoms with Gasteiger partial charge in [-0.05, 0) is 88.8 Å². The number of fused-ring (bicyclic) bond motifs is 7. The Balaban J connectivity index is 1.14. The second-order valence-electron chi connectivity index (χ2n) is 19.1. The van der Waals surface area contributed by atoms with Crippen molar-refractivity contribution < 1.29 is 0 Å². The van der Waals surface area contributed by atoms with Crippen LogP contribution in [0.3, 0.4) is 0 Å². The molecule has 0 fully saturated rings. The van der Waals surface area contributed by atoms with Crippen LogP contribution >= 0.6 is 0 Å². The van der Waals surface area contributed by atoms with E-state index < -0.39 is 0 Å². The van der Waals surface area contributed by atoms with Gasteiger partial charge in [-0.25, -0.2) is 15.0 Å². The van der Waals surface area contributed by atoms with Crippen LogP contribution in [0.1, 0.15) is 30.9 Å². The molecule has 3 heterocycles. The number of nitrogens with zero attached hydrogens (tertiary/aromatic N) is 5. The van der Waals surface area contributed by atoms with E-state index in [4.69, 9.17) is 15.0 Å². The molecule has 0 N–H and O–H groups in total. The van der Waals surface area contributed by atoms with Crippen molar-refractivity contribution >= 4 is 49.2 Å². The fourth-order valence-electron chi connectivity index (χ4n) is 11.0. The van der Waals surface area contributed by atoms with Gasteiger partial charge in [-0.15, -0.1) is 0 Å². The van der Waals surface area contributed by atoms with Crippen molar-refractivity contribution in [3.8, 4) is 67.8 Å². The maximum Gasteiger partial charge on any atom is 0.164 e. The highest BCUT2D eigenvalue weighted by atomic mass is 15.0. The zero-order valence-electron chi connectivity index (χ0n) is 41.7. The Morgan fingerprint density at radius 3 is 1.40 bits per heavy atom. The number of allylic oxidation sites excluding steroid dienone is 4. The lowest BCUT2D eigenvalue weighted by atomic mass is 9.89. The van der Waals surface area contributed by atoms with Gasteiger partial charge < -0.3 is 9.13 Å². The Morgan fingerprint density at radius 2 is 0.840 bits per heavy atom. The van der Waals surface area contributed by atoms with Crippen molar-refractivity contribution in [3.63, 3.8) is 0 Å². The summed E-state index contributed by atoms with van der Waals surface area (Å²) in [4.78, 5) is 15.8. The Kier molecular flexibility index (Phi) is 11.7. The molecule has 0 bridgehead atoms. The van der Waals surface area contributed by atoms with E-state index in [2.05, 4.69) is 254 Å². The van der Waals surface area contributed by atoms with Crippen molar-refractivity contribution in [1.82, 2.24) is 24.1 Å². The van der Waals surface area contributed by atoms with Gasteiger partial charge in [0.1, 0.15) is 0 Å². The number of rotatable bonds is 11. The Hall–Kier alpha value is -9.71. The van der Waals surface area contributed by atoms with E-state index in [0.717, 1.165) is 66.9 Å². The third-order valence-electron chi connectivity index (χ3n) is 14.6. The molecule has 1 atom stereocenters. The summed E-state index contributed by atoms with van der Waals surface area (Å²) in [7, 11) is 0. The number of hydrogen-bond donors (Lipinski definition) is 0. The summed E-state index contributed by atoms with van der Waals surface area (Å²) in [6.07, 6.45) is 6.83. The molecule has 0 aliphatic rings. The van der Waals surface area contributed by atoms with Gasteiger partial charge >= 0.3 is 0 Å². The molecule has 0 amide bonds. The molecule has 0 aliphatic carbocycles. The van der Waals surface area contributed by atoms with Gasteiger partial charge in [0.15, 0.2) is 17.5 Å². The molecule has 0 saturated heterocycles. The van der Waals surface area contributed by atoms with E-state index in [1.807, 2.05) is 36.4 Å². The average molecular weight is 962 g/mol.